The average molecular weight is 496 g/mol. The van der Waals surface area contributed by atoms with Crippen molar-refractivity contribution >= 4 is 27.3 Å². The van der Waals surface area contributed by atoms with Gasteiger partial charge in [0.25, 0.3) is 15.9 Å². The van der Waals surface area contributed by atoms with Gasteiger partial charge in [-0.1, -0.05) is 17.7 Å². The van der Waals surface area contributed by atoms with Crippen LogP contribution in [0, 0.1) is 6.92 Å². The number of aryl methyl sites for hydroxylation is 1. The van der Waals surface area contributed by atoms with Gasteiger partial charge in [0.15, 0.2) is 0 Å². The second-order valence-electron chi connectivity index (χ2n) is 8.35. The number of anilines is 2. The quantitative estimate of drug-likeness (QED) is 0.537. The first-order chi connectivity index (χ1) is 16.8. The van der Waals surface area contributed by atoms with Gasteiger partial charge in [-0.3, -0.25) is 9.52 Å². The second kappa shape index (κ2) is 10.3. The van der Waals surface area contributed by atoms with Crippen molar-refractivity contribution in [2.75, 3.05) is 50.0 Å². The van der Waals surface area contributed by atoms with Gasteiger partial charge in [0.1, 0.15) is 11.5 Å². The van der Waals surface area contributed by atoms with E-state index in [2.05, 4.69) is 9.62 Å². The number of piperazine rings is 1. The van der Waals surface area contributed by atoms with Gasteiger partial charge in [-0.15, -0.1) is 0 Å². The number of benzene rings is 3. The molecule has 0 spiro atoms. The summed E-state index contributed by atoms with van der Waals surface area (Å²) in [4.78, 5) is 17.2. The zero-order valence-electron chi connectivity index (χ0n) is 20.0. The number of nitrogens with zero attached hydrogens (tertiary/aromatic N) is 2. The fraction of sp³-hybridized carbons (Fsp3) is 0.269. The van der Waals surface area contributed by atoms with Crippen LogP contribution >= 0.6 is 0 Å². The molecule has 0 bridgehead atoms. The Kier molecular flexibility index (Phi) is 7.16. The summed E-state index contributed by atoms with van der Waals surface area (Å²) in [7, 11) is -0.535. The number of methoxy groups -OCH3 is 2. The zero-order chi connectivity index (χ0) is 25.0. The number of amides is 1. The van der Waals surface area contributed by atoms with E-state index in [0.29, 0.717) is 48.9 Å². The first-order valence-electron chi connectivity index (χ1n) is 11.3. The van der Waals surface area contributed by atoms with Crippen molar-refractivity contribution in [1.29, 1.82) is 0 Å². The molecule has 1 aliphatic rings. The Bertz CT molecular complexity index is 1260. The molecule has 0 unspecified atom stereocenters. The van der Waals surface area contributed by atoms with Crippen LogP contribution in [-0.2, 0) is 10.0 Å². The van der Waals surface area contributed by atoms with Crippen molar-refractivity contribution < 1.29 is 22.7 Å². The predicted molar refractivity (Wildman–Crippen MR) is 136 cm³/mol. The van der Waals surface area contributed by atoms with Crippen LogP contribution in [0.15, 0.2) is 71.6 Å². The Labute approximate surface area is 206 Å². The van der Waals surface area contributed by atoms with E-state index in [-0.39, 0.29) is 10.8 Å². The summed E-state index contributed by atoms with van der Waals surface area (Å²) in [6.07, 6.45) is 0. The molecule has 1 fully saturated rings. The second-order valence-corrected chi connectivity index (χ2v) is 10.0. The molecule has 1 heterocycles. The lowest BCUT2D eigenvalue weighted by molar-refractivity contribution is 0.0746. The molecule has 4 rings (SSSR count). The topological polar surface area (TPSA) is 88.2 Å². The summed E-state index contributed by atoms with van der Waals surface area (Å²) in [5.74, 6) is 1.08. The minimum Gasteiger partial charge on any atom is -0.497 e. The lowest BCUT2D eigenvalue weighted by Gasteiger charge is -2.36. The van der Waals surface area contributed by atoms with E-state index >= 15 is 0 Å². The molecule has 1 N–H and O–H groups in total. The van der Waals surface area contributed by atoms with Gasteiger partial charge in [0.2, 0.25) is 0 Å². The highest BCUT2D eigenvalue weighted by atomic mass is 32.2. The standard InChI is InChI=1S/C26H29N3O5S/c1-19-4-10-25(11-5-19)35(31,32)27-21-6-8-22(9-7-21)28-12-14-29(15-13-28)26(30)20-16-23(33-2)18-24(17-20)34-3/h4-11,16-18,27H,12-15H2,1-3H3. The van der Waals surface area contributed by atoms with Crippen molar-refractivity contribution in [3.8, 4) is 11.5 Å². The smallest absolute Gasteiger partial charge is 0.261 e. The minimum atomic E-state index is -3.65. The molecule has 0 atom stereocenters. The van der Waals surface area contributed by atoms with Crippen LogP contribution < -0.4 is 19.1 Å². The number of hydrogen-bond acceptors (Lipinski definition) is 6. The Balaban J connectivity index is 1.37. The number of sulfonamides is 1. The normalized spacial score (nSPS) is 13.9. The van der Waals surface area contributed by atoms with Gasteiger partial charge >= 0.3 is 0 Å². The van der Waals surface area contributed by atoms with Crippen molar-refractivity contribution in [2.24, 2.45) is 0 Å². The molecule has 8 nitrogen and oxygen atoms in total. The highest BCUT2D eigenvalue weighted by Crippen LogP contribution is 2.25. The summed E-state index contributed by atoms with van der Waals surface area (Å²) < 4.78 is 38.4. The summed E-state index contributed by atoms with van der Waals surface area (Å²) in [5.41, 5.74) is 2.99. The van der Waals surface area contributed by atoms with Gasteiger partial charge in [0.05, 0.1) is 19.1 Å². The predicted octanol–water partition coefficient (Wildman–Crippen LogP) is 3.78. The molecule has 3 aromatic carbocycles. The van der Waals surface area contributed by atoms with Crippen LogP contribution in [0.5, 0.6) is 11.5 Å². The summed E-state index contributed by atoms with van der Waals surface area (Å²) in [5, 5.41) is 0. The number of carbonyl (C=O) groups excluding carboxylic acids is 1. The maximum Gasteiger partial charge on any atom is 0.261 e. The van der Waals surface area contributed by atoms with Gasteiger partial charge in [-0.25, -0.2) is 8.42 Å². The van der Waals surface area contributed by atoms with Crippen molar-refractivity contribution in [1.82, 2.24) is 4.90 Å². The molecule has 0 aliphatic carbocycles. The third-order valence-corrected chi connectivity index (χ3v) is 7.38. The van der Waals surface area contributed by atoms with Crippen LogP contribution in [0.3, 0.4) is 0 Å². The summed E-state index contributed by atoms with van der Waals surface area (Å²) in [6, 6.07) is 19.2. The minimum absolute atomic E-state index is 0.0669. The number of hydrogen-bond donors (Lipinski definition) is 1. The van der Waals surface area contributed by atoms with E-state index in [0.717, 1.165) is 11.3 Å². The summed E-state index contributed by atoms with van der Waals surface area (Å²) >= 11 is 0. The van der Waals surface area contributed by atoms with Gasteiger partial charge < -0.3 is 19.3 Å². The molecule has 0 aromatic heterocycles. The molecule has 1 aliphatic heterocycles. The zero-order valence-corrected chi connectivity index (χ0v) is 20.8. The summed E-state index contributed by atoms with van der Waals surface area (Å²) in [6.45, 7) is 4.39. The van der Waals surface area contributed by atoms with Crippen LogP contribution in [-0.4, -0.2) is 59.6 Å². The van der Waals surface area contributed by atoms with Crippen molar-refractivity contribution in [3.05, 3.63) is 77.9 Å². The van der Waals surface area contributed by atoms with E-state index < -0.39 is 10.0 Å². The molecule has 0 saturated carbocycles. The first kappa shape index (κ1) is 24.4. The van der Waals surface area contributed by atoms with E-state index in [1.165, 1.54) is 0 Å². The van der Waals surface area contributed by atoms with Crippen LogP contribution in [0.1, 0.15) is 15.9 Å². The molecule has 35 heavy (non-hydrogen) atoms. The molecule has 9 heteroatoms. The van der Waals surface area contributed by atoms with Crippen molar-refractivity contribution in [2.45, 2.75) is 11.8 Å². The molecule has 0 radical (unpaired) electrons. The number of nitrogens with one attached hydrogen (secondary N) is 1. The molecular weight excluding hydrogens is 466 g/mol. The molecule has 3 aromatic rings. The highest BCUT2D eigenvalue weighted by molar-refractivity contribution is 7.92. The SMILES string of the molecule is COc1cc(OC)cc(C(=O)N2CCN(c3ccc(NS(=O)(=O)c4ccc(C)cc4)cc3)CC2)c1. The number of ether oxygens (including phenoxy) is 2. The highest BCUT2D eigenvalue weighted by Gasteiger charge is 2.23. The largest absolute Gasteiger partial charge is 0.497 e. The fourth-order valence-corrected chi connectivity index (χ4v) is 5.01. The maximum absolute atomic E-state index is 13.0. The Morgan fingerprint density at radius 2 is 1.40 bits per heavy atom. The number of carbonyl (C=O) groups is 1. The van der Waals surface area contributed by atoms with Crippen LogP contribution in [0.4, 0.5) is 11.4 Å². The van der Waals surface area contributed by atoms with Gasteiger partial charge in [-0.2, -0.15) is 0 Å². The Morgan fingerprint density at radius 3 is 1.94 bits per heavy atom. The van der Waals surface area contributed by atoms with E-state index in [1.807, 2.05) is 24.0 Å². The van der Waals surface area contributed by atoms with Crippen LogP contribution in [0.25, 0.3) is 0 Å². The molecule has 1 amide bonds. The molecular formula is C26H29N3O5S. The Hall–Kier alpha value is -3.72. The first-order valence-corrected chi connectivity index (χ1v) is 12.7. The fourth-order valence-electron chi connectivity index (χ4n) is 3.95. The number of rotatable bonds is 7. The average Bonchev–Trinajstić information content (AvgIpc) is 2.88. The van der Waals surface area contributed by atoms with Crippen molar-refractivity contribution in [3.63, 3.8) is 0 Å². The van der Waals surface area contributed by atoms with E-state index in [9.17, 15) is 13.2 Å². The third kappa shape index (κ3) is 5.68. The van der Waals surface area contributed by atoms with Gasteiger partial charge in [-0.05, 0) is 55.5 Å². The van der Waals surface area contributed by atoms with E-state index in [4.69, 9.17) is 9.47 Å². The molecule has 184 valence electrons. The monoisotopic (exact) mass is 495 g/mol. The molecule has 1 saturated heterocycles. The Morgan fingerprint density at radius 1 is 0.829 bits per heavy atom. The third-order valence-electron chi connectivity index (χ3n) is 5.98. The van der Waals surface area contributed by atoms with Gasteiger partial charge in [0, 0.05) is 49.2 Å². The lowest BCUT2D eigenvalue weighted by atomic mass is 10.1. The lowest BCUT2D eigenvalue weighted by Crippen LogP contribution is -2.48. The van der Waals surface area contributed by atoms with Crippen LogP contribution in [0.2, 0.25) is 0 Å². The van der Waals surface area contributed by atoms with E-state index in [1.54, 1.807) is 68.8 Å². The maximum atomic E-state index is 13.0.